The number of ether oxygens (including phenoxy) is 1. The van der Waals surface area contributed by atoms with E-state index in [1.54, 1.807) is 7.11 Å². The molecule has 1 unspecified atom stereocenters. The molecular formula is C15H23NO2. The van der Waals surface area contributed by atoms with Gasteiger partial charge in [-0.15, -0.1) is 0 Å². The van der Waals surface area contributed by atoms with Gasteiger partial charge in [0, 0.05) is 12.6 Å². The van der Waals surface area contributed by atoms with Crippen molar-refractivity contribution in [2.45, 2.75) is 38.3 Å². The molecule has 1 aliphatic rings. The van der Waals surface area contributed by atoms with Crippen LogP contribution in [0.4, 0.5) is 0 Å². The Bertz CT molecular complexity index is 377. The Morgan fingerprint density at radius 3 is 2.83 bits per heavy atom. The fourth-order valence-corrected chi connectivity index (χ4v) is 2.33. The first-order valence-electron chi connectivity index (χ1n) is 6.80. The second-order valence-electron chi connectivity index (χ2n) is 5.02. The van der Waals surface area contributed by atoms with Crippen molar-refractivity contribution in [3.8, 4) is 5.75 Å². The van der Waals surface area contributed by atoms with E-state index in [1.807, 2.05) is 24.3 Å². The van der Waals surface area contributed by atoms with Gasteiger partial charge in [0.25, 0.3) is 0 Å². The molecule has 2 rings (SSSR count). The molecule has 0 amide bonds. The molecule has 1 atom stereocenters. The zero-order valence-electron chi connectivity index (χ0n) is 11.3. The highest BCUT2D eigenvalue weighted by atomic mass is 16.5. The molecule has 0 saturated heterocycles. The topological polar surface area (TPSA) is 32.7 Å². The largest absolute Gasteiger partial charge is 0.497 e. The van der Waals surface area contributed by atoms with Crippen LogP contribution in [0.3, 0.4) is 0 Å². The summed E-state index contributed by atoms with van der Waals surface area (Å²) in [5, 5.41) is 10.3. The highest BCUT2D eigenvalue weighted by molar-refractivity contribution is 5.29. The van der Waals surface area contributed by atoms with E-state index in [-0.39, 0.29) is 0 Å². The molecule has 0 radical (unpaired) electrons. The number of nitrogens with zero attached hydrogens (tertiary/aromatic N) is 1. The minimum atomic E-state index is -0.424. The summed E-state index contributed by atoms with van der Waals surface area (Å²) >= 11 is 0. The van der Waals surface area contributed by atoms with Crippen molar-refractivity contribution >= 4 is 0 Å². The van der Waals surface area contributed by atoms with Gasteiger partial charge in [0.15, 0.2) is 0 Å². The van der Waals surface area contributed by atoms with E-state index >= 15 is 0 Å². The number of aliphatic hydroxyl groups is 1. The normalized spacial score (nSPS) is 16.9. The summed E-state index contributed by atoms with van der Waals surface area (Å²) in [7, 11) is 1.65. The molecule has 1 saturated carbocycles. The van der Waals surface area contributed by atoms with Gasteiger partial charge in [-0.1, -0.05) is 19.1 Å². The van der Waals surface area contributed by atoms with Gasteiger partial charge in [-0.05, 0) is 43.5 Å². The average Bonchev–Trinajstić information content (AvgIpc) is 3.22. The van der Waals surface area contributed by atoms with Gasteiger partial charge in [0.2, 0.25) is 0 Å². The van der Waals surface area contributed by atoms with Crippen molar-refractivity contribution in [1.29, 1.82) is 0 Å². The molecule has 1 aliphatic carbocycles. The first-order valence-corrected chi connectivity index (χ1v) is 6.80. The summed E-state index contributed by atoms with van der Waals surface area (Å²) in [5.74, 6) is 0.806. The third kappa shape index (κ3) is 3.47. The Labute approximate surface area is 109 Å². The smallest absolute Gasteiger partial charge is 0.119 e. The van der Waals surface area contributed by atoms with E-state index in [0.717, 1.165) is 30.8 Å². The van der Waals surface area contributed by atoms with Crippen molar-refractivity contribution in [2.24, 2.45) is 0 Å². The molecule has 18 heavy (non-hydrogen) atoms. The minimum Gasteiger partial charge on any atom is -0.497 e. The Balaban J connectivity index is 1.98. The van der Waals surface area contributed by atoms with Crippen molar-refractivity contribution in [2.75, 3.05) is 20.2 Å². The summed E-state index contributed by atoms with van der Waals surface area (Å²) in [4.78, 5) is 2.41. The maximum absolute atomic E-state index is 10.3. The van der Waals surface area contributed by atoms with Crippen LogP contribution in [0.1, 0.15) is 37.9 Å². The van der Waals surface area contributed by atoms with Gasteiger partial charge < -0.3 is 9.84 Å². The maximum atomic E-state index is 10.3. The van der Waals surface area contributed by atoms with Crippen LogP contribution in [0.2, 0.25) is 0 Å². The molecule has 3 heteroatoms. The minimum absolute atomic E-state index is 0.424. The molecule has 0 aromatic heterocycles. The third-order valence-electron chi connectivity index (χ3n) is 3.46. The Hall–Kier alpha value is -1.06. The highest BCUT2D eigenvalue weighted by Gasteiger charge is 2.29. The van der Waals surface area contributed by atoms with Gasteiger partial charge in [-0.2, -0.15) is 0 Å². The van der Waals surface area contributed by atoms with Crippen LogP contribution in [0.5, 0.6) is 5.75 Å². The number of aliphatic hydroxyl groups excluding tert-OH is 1. The summed E-state index contributed by atoms with van der Waals surface area (Å²) < 4.78 is 5.19. The molecule has 100 valence electrons. The van der Waals surface area contributed by atoms with Gasteiger partial charge in [0.1, 0.15) is 5.75 Å². The number of benzene rings is 1. The standard InChI is InChI=1S/C15H23NO2/c1-3-9-16(13-7-8-13)11-15(17)12-5-4-6-14(10-12)18-2/h4-6,10,13,15,17H,3,7-9,11H2,1-2H3. The third-order valence-corrected chi connectivity index (χ3v) is 3.46. The molecule has 1 aromatic carbocycles. The number of methoxy groups -OCH3 is 1. The number of hydrogen-bond acceptors (Lipinski definition) is 3. The molecular weight excluding hydrogens is 226 g/mol. The van der Waals surface area contributed by atoms with Crippen molar-refractivity contribution in [3.05, 3.63) is 29.8 Å². The predicted molar refractivity (Wildman–Crippen MR) is 72.8 cm³/mol. The summed E-state index contributed by atoms with van der Waals surface area (Å²) in [6.07, 6.45) is 3.28. The molecule has 0 aliphatic heterocycles. The molecule has 0 bridgehead atoms. The van der Waals surface area contributed by atoms with Crippen LogP contribution in [0.15, 0.2) is 24.3 Å². The van der Waals surface area contributed by atoms with Crippen LogP contribution in [-0.2, 0) is 0 Å². The Morgan fingerprint density at radius 1 is 1.44 bits per heavy atom. The average molecular weight is 249 g/mol. The summed E-state index contributed by atoms with van der Waals surface area (Å²) in [6.45, 7) is 3.99. The zero-order chi connectivity index (χ0) is 13.0. The monoisotopic (exact) mass is 249 g/mol. The van der Waals surface area contributed by atoms with Crippen LogP contribution in [0.25, 0.3) is 0 Å². The van der Waals surface area contributed by atoms with Gasteiger partial charge in [-0.25, -0.2) is 0 Å². The SMILES string of the molecule is CCCN(CC(O)c1cccc(OC)c1)C1CC1. The van der Waals surface area contributed by atoms with E-state index in [4.69, 9.17) is 4.74 Å². The van der Waals surface area contributed by atoms with Gasteiger partial charge in [0.05, 0.1) is 13.2 Å². The van der Waals surface area contributed by atoms with Crippen molar-refractivity contribution in [3.63, 3.8) is 0 Å². The molecule has 0 heterocycles. The van der Waals surface area contributed by atoms with Crippen LogP contribution in [0, 0.1) is 0 Å². The van der Waals surface area contributed by atoms with Gasteiger partial charge >= 0.3 is 0 Å². The van der Waals surface area contributed by atoms with E-state index in [9.17, 15) is 5.11 Å². The molecule has 1 N–H and O–H groups in total. The lowest BCUT2D eigenvalue weighted by molar-refractivity contribution is 0.108. The van der Waals surface area contributed by atoms with Crippen LogP contribution >= 0.6 is 0 Å². The highest BCUT2D eigenvalue weighted by Crippen LogP contribution is 2.29. The van der Waals surface area contributed by atoms with Crippen LogP contribution < -0.4 is 4.74 Å². The van der Waals surface area contributed by atoms with Crippen molar-refractivity contribution in [1.82, 2.24) is 4.90 Å². The second kappa shape index (κ2) is 6.21. The fourth-order valence-electron chi connectivity index (χ4n) is 2.33. The number of rotatable bonds is 7. The second-order valence-corrected chi connectivity index (χ2v) is 5.02. The summed E-state index contributed by atoms with van der Waals surface area (Å²) in [5.41, 5.74) is 0.941. The molecule has 1 aromatic rings. The van der Waals surface area contributed by atoms with Crippen molar-refractivity contribution < 1.29 is 9.84 Å². The van der Waals surface area contributed by atoms with Gasteiger partial charge in [-0.3, -0.25) is 4.90 Å². The first kappa shape index (κ1) is 13.4. The molecule has 3 nitrogen and oxygen atoms in total. The fraction of sp³-hybridized carbons (Fsp3) is 0.600. The lowest BCUT2D eigenvalue weighted by Gasteiger charge is -2.24. The maximum Gasteiger partial charge on any atom is 0.119 e. The lowest BCUT2D eigenvalue weighted by atomic mass is 10.1. The van der Waals surface area contributed by atoms with E-state index in [2.05, 4.69) is 11.8 Å². The Morgan fingerprint density at radius 2 is 2.22 bits per heavy atom. The Kier molecular flexibility index (Phi) is 4.61. The van der Waals surface area contributed by atoms with E-state index < -0.39 is 6.10 Å². The predicted octanol–water partition coefficient (Wildman–Crippen LogP) is 2.60. The quantitative estimate of drug-likeness (QED) is 0.806. The molecule has 1 fully saturated rings. The first-order chi connectivity index (χ1) is 8.74. The lowest BCUT2D eigenvalue weighted by Crippen LogP contribution is -2.31. The number of hydrogen-bond donors (Lipinski definition) is 1. The van der Waals surface area contributed by atoms with E-state index in [1.165, 1.54) is 12.8 Å². The summed E-state index contributed by atoms with van der Waals surface area (Å²) in [6, 6.07) is 8.41. The molecule has 0 spiro atoms. The zero-order valence-corrected chi connectivity index (χ0v) is 11.3. The van der Waals surface area contributed by atoms with Crippen LogP contribution in [-0.4, -0.2) is 36.2 Å². The van der Waals surface area contributed by atoms with E-state index in [0.29, 0.717) is 6.04 Å².